The smallest absolute Gasteiger partial charge is 0.333 e. The maximum atomic E-state index is 11.9. The average Bonchev–Trinajstić information content (AvgIpc) is 2.84. The van der Waals surface area contributed by atoms with Gasteiger partial charge in [0.05, 0.1) is 13.2 Å². The summed E-state index contributed by atoms with van der Waals surface area (Å²) in [4.78, 5) is 25.6. The van der Waals surface area contributed by atoms with E-state index in [9.17, 15) is 9.59 Å². The minimum absolute atomic E-state index is 0.378. The van der Waals surface area contributed by atoms with Gasteiger partial charge in [-0.05, 0) is 20.8 Å². The summed E-state index contributed by atoms with van der Waals surface area (Å²) >= 11 is 0. The zero-order chi connectivity index (χ0) is 17.0. The lowest BCUT2D eigenvalue weighted by Crippen LogP contribution is -2.33. The van der Waals surface area contributed by atoms with Crippen LogP contribution < -0.4 is 11.2 Å². The number of aromatic amines is 1. The van der Waals surface area contributed by atoms with Gasteiger partial charge < -0.3 is 18.3 Å². The summed E-state index contributed by atoms with van der Waals surface area (Å²) in [6, 6.07) is 0. The highest BCUT2D eigenvalue weighted by molar-refractivity contribution is 7.41. The summed E-state index contributed by atoms with van der Waals surface area (Å²) in [5.41, 5.74) is -0.517. The van der Waals surface area contributed by atoms with Crippen molar-refractivity contribution in [3.8, 4) is 0 Å². The molecule has 8 nitrogen and oxygen atoms in total. The number of aryl methyl sites for hydroxylation is 1. The van der Waals surface area contributed by atoms with Gasteiger partial charge in [-0.25, -0.2) is 4.79 Å². The lowest BCUT2D eigenvalue weighted by molar-refractivity contribution is 0.0930. The molecule has 23 heavy (non-hydrogen) atoms. The number of rotatable bonds is 7. The molecule has 0 spiro atoms. The van der Waals surface area contributed by atoms with E-state index in [0.717, 1.165) is 0 Å². The van der Waals surface area contributed by atoms with Crippen molar-refractivity contribution in [2.24, 2.45) is 0 Å². The van der Waals surface area contributed by atoms with Crippen LogP contribution in [0.2, 0.25) is 0 Å². The van der Waals surface area contributed by atoms with E-state index in [1.807, 2.05) is 13.8 Å². The highest BCUT2D eigenvalue weighted by Crippen LogP contribution is 2.45. The zero-order valence-electron chi connectivity index (χ0n) is 13.4. The molecule has 0 unspecified atom stereocenters. The maximum absolute atomic E-state index is 11.9. The maximum Gasteiger partial charge on any atom is 0.333 e. The number of nitrogens with zero attached hydrogens (tertiary/aromatic N) is 1. The fraction of sp³-hybridized carbons (Fsp3) is 0.571. The van der Waals surface area contributed by atoms with E-state index in [-0.39, 0.29) is 0 Å². The third-order valence-corrected chi connectivity index (χ3v) is 4.57. The van der Waals surface area contributed by atoms with E-state index in [1.165, 1.54) is 10.8 Å². The van der Waals surface area contributed by atoms with Gasteiger partial charge in [0.1, 0.15) is 11.9 Å². The van der Waals surface area contributed by atoms with Gasteiger partial charge in [-0.15, -0.1) is 0 Å². The minimum atomic E-state index is -1.49. The molecule has 1 aromatic heterocycles. The van der Waals surface area contributed by atoms with Crippen LogP contribution in [0, 0.1) is 6.92 Å². The van der Waals surface area contributed by atoms with Crippen LogP contribution in [0.3, 0.4) is 0 Å². The van der Waals surface area contributed by atoms with Gasteiger partial charge in [0.25, 0.3) is 5.56 Å². The summed E-state index contributed by atoms with van der Waals surface area (Å²) in [7, 11) is -1.49. The van der Waals surface area contributed by atoms with Crippen LogP contribution in [-0.2, 0) is 18.3 Å². The summed E-state index contributed by atoms with van der Waals surface area (Å²) in [6.07, 6.45) is 0.817. The molecule has 0 aromatic carbocycles. The van der Waals surface area contributed by atoms with E-state index >= 15 is 0 Å². The molecule has 1 saturated heterocycles. The van der Waals surface area contributed by atoms with Crippen LogP contribution in [0.25, 0.3) is 0 Å². The second-order valence-corrected chi connectivity index (χ2v) is 6.08. The van der Waals surface area contributed by atoms with Crippen molar-refractivity contribution in [3.63, 3.8) is 0 Å². The highest BCUT2D eigenvalue weighted by Gasteiger charge is 2.35. The van der Waals surface area contributed by atoms with Gasteiger partial charge >= 0.3 is 14.3 Å². The summed E-state index contributed by atoms with van der Waals surface area (Å²) in [6.45, 7) is 10.1. The number of aromatic nitrogens is 2. The highest BCUT2D eigenvalue weighted by atomic mass is 31.2. The standard InChI is InChI=1S/C14H21N2O6P/c1-5-19-23(20-6-2)22-11-7-12(21-10(11)4)16-8-9(3)13(17)15-14(16)18/h8,11-12H,4-7H2,1-3H3,(H,15,17,18)/t11-,12+/m0/s1. The van der Waals surface area contributed by atoms with Crippen LogP contribution in [0.5, 0.6) is 0 Å². The molecule has 9 heteroatoms. The molecular weight excluding hydrogens is 323 g/mol. The summed E-state index contributed by atoms with van der Waals surface area (Å²) in [5.74, 6) is 0.401. The zero-order valence-corrected chi connectivity index (χ0v) is 14.3. The Bertz CT molecular complexity index is 664. The van der Waals surface area contributed by atoms with Crippen molar-refractivity contribution < 1.29 is 18.3 Å². The monoisotopic (exact) mass is 344 g/mol. The molecule has 1 N–H and O–H groups in total. The minimum Gasteiger partial charge on any atom is -0.472 e. The molecule has 0 amide bonds. The lowest BCUT2D eigenvalue weighted by atomic mass is 10.2. The first-order valence-corrected chi connectivity index (χ1v) is 8.46. The Labute approximate surface area is 135 Å². The SMILES string of the molecule is C=C1O[C@@H](n2cc(C)c(=O)[nH]c2=O)C[C@@H]1OP(OCC)OCC. The van der Waals surface area contributed by atoms with Crippen molar-refractivity contribution in [1.29, 1.82) is 0 Å². The Kier molecular flexibility index (Phi) is 6.12. The van der Waals surface area contributed by atoms with Crippen LogP contribution in [0.1, 0.15) is 32.1 Å². The van der Waals surface area contributed by atoms with Gasteiger partial charge in [-0.2, -0.15) is 0 Å². The summed E-state index contributed by atoms with van der Waals surface area (Å²) < 4.78 is 23.5. The van der Waals surface area contributed by atoms with Crippen LogP contribution in [-0.4, -0.2) is 28.9 Å². The van der Waals surface area contributed by atoms with Gasteiger partial charge in [0.2, 0.25) is 0 Å². The molecule has 0 saturated carbocycles. The molecule has 0 radical (unpaired) electrons. The molecule has 0 aliphatic carbocycles. The van der Waals surface area contributed by atoms with E-state index < -0.39 is 32.2 Å². The summed E-state index contributed by atoms with van der Waals surface area (Å²) in [5, 5.41) is 0. The van der Waals surface area contributed by atoms with Crippen LogP contribution >= 0.6 is 8.60 Å². The molecule has 1 fully saturated rings. The number of hydrogen-bond donors (Lipinski definition) is 1. The van der Waals surface area contributed by atoms with Crippen molar-refractivity contribution in [1.82, 2.24) is 9.55 Å². The first-order valence-electron chi connectivity index (χ1n) is 7.36. The molecule has 1 aliphatic heterocycles. The largest absolute Gasteiger partial charge is 0.472 e. The van der Waals surface area contributed by atoms with Gasteiger partial charge in [-0.1, -0.05) is 6.58 Å². The van der Waals surface area contributed by atoms with E-state index in [4.69, 9.17) is 18.3 Å². The second kappa shape index (κ2) is 7.88. The molecule has 0 bridgehead atoms. The normalized spacial score (nSPS) is 21.0. The van der Waals surface area contributed by atoms with Gasteiger partial charge in [0.15, 0.2) is 6.23 Å². The van der Waals surface area contributed by atoms with Crippen LogP contribution in [0.4, 0.5) is 0 Å². The van der Waals surface area contributed by atoms with E-state index in [1.54, 1.807) is 6.92 Å². The Morgan fingerprint density at radius 2 is 2.04 bits per heavy atom. The van der Waals surface area contributed by atoms with Crippen molar-refractivity contribution in [2.45, 2.75) is 39.5 Å². The Balaban J connectivity index is 2.12. The van der Waals surface area contributed by atoms with Crippen LogP contribution in [0.15, 0.2) is 28.1 Å². The average molecular weight is 344 g/mol. The molecule has 2 atom stereocenters. The molecule has 1 aliphatic rings. The topological polar surface area (TPSA) is 91.8 Å². The predicted octanol–water partition coefficient (Wildman–Crippen LogP) is 1.96. The van der Waals surface area contributed by atoms with E-state index in [0.29, 0.717) is 31.0 Å². The number of H-pyrrole nitrogens is 1. The quantitative estimate of drug-likeness (QED) is 0.760. The number of hydrogen-bond acceptors (Lipinski definition) is 6. The van der Waals surface area contributed by atoms with Gasteiger partial charge in [-0.3, -0.25) is 14.3 Å². The Hall–Kier alpha value is -1.47. The third kappa shape index (κ3) is 4.29. The van der Waals surface area contributed by atoms with Crippen molar-refractivity contribution in [2.75, 3.05) is 13.2 Å². The van der Waals surface area contributed by atoms with Gasteiger partial charge in [0, 0.05) is 18.2 Å². The van der Waals surface area contributed by atoms with Crippen molar-refractivity contribution >= 4 is 8.60 Å². The molecule has 2 heterocycles. The Morgan fingerprint density at radius 1 is 1.39 bits per heavy atom. The lowest BCUT2D eigenvalue weighted by Gasteiger charge is -2.18. The predicted molar refractivity (Wildman–Crippen MR) is 85.0 cm³/mol. The fourth-order valence-corrected chi connectivity index (χ4v) is 3.13. The fourth-order valence-electron chi connectivity index (χ4n) is 2.10. The molecule has 2 rings (SSSR count). The third-order valence-electron chi connectivity index (χ3n) is 3.20. The molecule has 128 valence electrons. The van der Waals surface area contributed by atoms with Crippen molar-refractivity contribution in [3.05, 3.63) is 44.9 Å². The number of nitrogens with one attached hydrogen (secondary N) is 1. The first kappa shape index (κ1) is 17.9. The second-order valence-electron chi connectivity index (χ2n) is 4.91. The van der Waals surface area contributed by atoms with E-state index in [2.05, 4.69) is 11.6 Å². The number of ether oxygens (including phenoxy) is 1. The first-order chi connectivity index (χ1) is 11.0. The molecular formula is C14H21N2O6P. The Morgan fingerprint density at radius 3 is 2.65 bits per heavy atom. The molecule has 1 aromatic rings.